The van der Waals surface area contributed by atoms with Crippen LogP contribution in [-0.4, -0.2) is 56.3 Å². The molecule has 3 rings (SSSR count). The van der Waals surface area contributed by atoms with Gasteiger partial charge in [-0.05, 0) is 56.5 Å². The van der Waals surface area contributed by atoms with Gasteiger partial charge in [0.25, 0.3) is 15.7 Å². The lowest BCUT2D eigenvalue weighted by Gasteiger charge is -2.33. The highest BCUT2D eigenvalue weighted by atomic mass is 35.5. The number of ether oxygens (including phenoxy) is 1. The largest absolute Gasteiger partial charge is 0.495 e. The van der Waals surface area contributed by atoms with Crippen molar-refractivity contribution < 1.29 is 27.7 Å². The average Bonchev–Trinajstić information content (AvgIpc) is 2.99. The van der Waals surface area contributed by atoms with Crippen molar-refractivity contribution in [1.29, 1.82) is 0 Å². The van der Waals surface area contributed by atoms with Crippen LogP contribution >= 0.6 is 11.6 Å². The van der Waals surface area contributed by atoms with Gasteiger partial charge < -0.3 is 15.0 Å². The first-order valence-corrected chi connectivity index (χ1v) is 15.9. The second-order valence-electron chi connectivity index (χ2n) is 10.3. The Hall–Kier alpha value is -4.16. The highest BCUT2D eigenvalue weighted by Crippen LogP contribution is 2.36. The fourth-order valence-corrected chi connectivity index (χ4v) is 6.22. The minimum Gasteiger partial charge on any atom is -0.495 e. The van der Waals surface area contributed by atoms with E-state index in [0.29, 0.717) is 13.0 Å². The number of carbonyl (C=O) groups is 2. The molecule has 0 fully saturated rings. The number of benzene rings is 3. The summed E-state index contributed by atoms with van der Waals surface area (Å²) in [5.74, 6) is -0.930. The van der Waals surface area contributed by atoms with Crippen molar-refractivity contribution in [2.24, 2.45) is 0 Å². The number of hydrogen-bond acceptors (Lipinski definition) is 7. The second kappa shape index (κ2) is 15.0. The van der Waals surface area contributed by atoms with Crippen LogP contribution in [0.15, 0.2) is 65.6 Å². The molecule has 3 aromatic carbocycles. The molecule has 0 radical (unpaired) electrons. The molecule has 0 aliphatic rings. The predicted molar refractivity (Wildman–Crippen MR) is 169 cm³/mol. The molecular weight excluding hydrogens is 608 g/mol. The maximum absolute atomic E-state index is 14.2. The summed E-state index contributed by atoms with van der Waals surface area (Å²) in [6.45, 7) is 6.80. The predicted octanol–water partition coefficient (Wildman–Crippen LogP) is 5.40. The molecule has 0 aliphatic heterocycles. The van der Waals surface area contributed by atoms with E-state index < -0.39 is 44.0 Å². The topological polar surface area (TPSA) is 139 Å². The van der Waals surface area contributed by atoms with Crippen molar-refractivity contribution in [3.8, 4) is 5.75 Å². The molecule has 1 N–H and O–H groups in total. The molecule has 0 saturated carbocycles. The summed E-state index contributed by atoms with van der Waals surface area (Å²) in [6, 6.07) is 14.4. The molecule has 2 amide bonds. The Bertz CT molecular complexity index is 1610. The van der Waals surface area contributed by atoms with E-state index in [4.69, 9.17) is 16.3 Å². The normalized spacial score (nSPS) is 11.9. The van der Waals surface area contributed by atoms with Crippen LogP contribution in [-0.2, 0) is 26.2 Å². The van der Waals surface area contributed by atoms with Gasteiger partial charge in [-0.1, -0.05) is 61.3 Å². The van der Waals surface area contributed by atoms with Crippen LogP contribution in [0.3, 0.4) is 0 Å². The summed E-state index contributed by atoms with van der Waals surface area (Å²) >= 11 is 6.27. The van der Waals surface area contributed by atoms with E-state index in [1.807, 2.05) is 38.1 Å². The number of anilines is 1. The highest BCUT2D eigenvalue weighted by molar-refractivity contribution is 7.92. The van der Waals surface area contributed by atoms with Gasteiger partial charge in [-0.25, -0.2) is 8.42 Å². The van der Waals surface area contributed by atoms with E-state index in [1.165, 1.54) is 49.3 Å². The molecular formula is C31H37ClN4O7S. The number of nitro benzene ring substituents is 1. The number of methoxy groups -OCH3 is 1. The SMILES string of the molecule is CCCNC(=O)C(CC)N(Cc1ccc(C)cc1)C(=O)CN(c1cc(Cl)ccc1OC)S(=O)(=O)c1ccc(C)c([N+](=O)[O-])c1. The number of nitro groups is 1. The van der Waals surface area contributed by atoms with Crippen molar-refractivity contribution in [2.45, 2.75) is 58.0 Å². The highest BCUT2D eigenvalue weighted by Gasteiger charge is 2.35. The van der Waals surface area contributed by atoms with Gasteiger partial charge in [0.05, 0.1) is 22.6 Å². The molecule has 0 saturated heterocycles. The van der Waals surface area contributed by atoms with Gasteiger partial charge in [-0.3, -0.25) is 24.0 Å². The van der Waals surface area contributed by atoms with E-state index in [-0.39, 0.29) is 40.9 Å². The van der Waals surface area contributed by atoms with Gasteiger partial charge in [0, 0.05) is 29.7 Å². The Morgan fingerprint density at radius 2 is 1.73 bits per heavy atom. The first-order chi connectivity index (χ1) is 20.8. The third kappa shape index (κ3) is 8.06. The number of nitrogens with zero attached hydrogens (tertiary/aromatic N) is 3. The first-order valence-electron chi connectivity index (χ1n) is 14.1. The zero-order valence-electron chi connectivity index (χ0n) is 25.4. The van der Waals surface area contributed by atoms with Crippen LogP contribution in [0.4, 0.5) is 11.4 Å². The number of sulfonamides is 1. The molecule has 1 unspecified atom stereocenters. The van der Waals surface area contributed by atoms with Gasteiger partial charge in [0.1, 0.15) is 18.3 Å². The minimum absolute atomic E-state index is 0.0355. The van der Waals surface area contributed by atoms with Crippen LogP contribution in [0.25, 0.3) is 0 Å². The second-order valence-corrected chi connectivity index (χ2v) is 12.6. The first kappa shape index (κ1) is 34.3. The van der Waals surface area contributed by atoms with E-state index >= 15 is 0 Å². The quantitative estimate of drug-likeness (QED) is 0.183. The summed E-state index contributed by atoms with van der Waals surface area (Å²) < 4.78 is 34.7. The molecule has 0 heterocycles. The molecule has 11 nitrogen and oxygen atoms in total. The van der Waals surface area contributed by atoms with E-state index in [2.05, 4.69) is 5.32 Å². The number of halogens is 1. The van der Waals surface area contributed by atoms with Crippen LogP contribution in [0.2, 0.25) is 5.02 Å². The summed E-state index contributed by atoms with van der Waals surface area (Å²) in [5.41, 5.74) is 1.59. The molecule has 0 bridgehead atoms. The molecule has 236 valence electrons. The Morgan fingerprint density at radius 1 is 1.05 bits per heavy atom. The standard InChI is InChI=1S/C31H37ClN4O7S/c1-6-16-33-31(38)26(7-2)34(19-23-11-8-21(3)9-12-23)30(37)20-35(28-17-24(32)13-15-29(28)43-5)44(41,42)25-14-10-22(4)27(18-25)36(39)40/h8-15,17-18,26H,6-7,16,19-20H2,1-5H3,(H,33,38). The van der Waals surface area contributed by atoms with E-state index in [0.717, 1.165) is 21.5 Å². The summed E-state index contributed by atoms with van der Waals surface area (Å²) in [5, 5.41) is 14.7. The summed E-state index contributed by atoms with van der Waals surface area (Å²) in [7, 11) is -3.27. The molecule has 0 aromatic heterocycles. The maximum atomic E-state index is 14.2. The fourth-order valence-electron chi connectivity index (χ4n) is 4.62. The van der Waals surface area contributed by atoms with Crippen molar-refractivity contribution in [2.75, 3.05) is 24.5 Å². The molecule has 44 heavy (non-hydrogen) atoms. The minimum atomic E-state index is -4.61. The summed E-state index contributed by atoms with van der Waals surface area (Å²) in [6.07, 6.45) is 0.960. The smallest absolute Gasteiger partial charge is 0.273 e. The molecule has 0 spiro atoms. The molecule has 13 heteroatoms. The van der Waals surface area contributed by atoms with Gasteiger partial charge in [0.2, 0.25) is 11.8 Å². The zero-order valence-corrected chi connectivity index (χ0v) is 26.9. The molecule has 1 atom stereocenters. The van der Waals surface area contributed by atoms with Crippen LogP contribution in [0.1, 0.15) is 43.4 Å². The van der Waals surface area contributed by atoms with Crippen molar-refractivity contribution in [1.82, 2.24) is 10.2 Å². The third-order valence-electron chi connectivity index (χ3n) is 7.06. The van der Waals surface area contributed by atoms with E-state index in [1.54, 1.807) is 6.92 Å². The van der Waals surface area contributed by atoms with Gasteiger partial charge >= 0.3 is 0 Å². The Labute approximate surface area is 263 Å². The van der Waals surface area contributed by atoms with Crippen LogP contribution in [0.5, 0.6) is 5.75 Å². The number of hydrogen-bond donors (Lipinski definition) is 1. The zero-order chi connectivity index (χ0) is 32.6. The summed E-state index contributed by atoms with van der Waals surface area (Å²) in [4.78, 5) is 39.4. The van der Waals surface area contributed by atoms with Crippen LogP contribution in [0, 0.1) is 24.0 Å². The lowest BCUT2D eigenvalue weighted by Crippen LogP contribution is -2.52. The monoisotopic (exact) mass is 644 g/mol. The average molecular weight is 645 g/mol. The number of nitrogens with one attached hydrogen (secondary N) is 1. The third-order valence-corrected chi connectivity index (χ3v) is 9.05. The Morgan fingerprint density at radius 3 is 2.32 bits per heavy atom. The van der Waals surface area contributed by atoms with Crippen molar-refractivity contribution in [3.05, 3.63) is 92.5 Å². The fraction of sp³-hybridized carbons (Fsp3) is 0.355. The van der Waals surface area contributed by atoms with Crippen LogP contribution < -0.4 is 14.4 Å². The Balaban J connectivity index is 2.18. The van der Waals surface area contributed by atoms with Gasteiger partial charge in [-0.2, -0.15) is 0 Å². The Kier molecular flexibility index (Phi) is 11.7. The number of amides is 2. The number of carbonyl (C=O) groups excluding carboxylic acids is 2. The van der Waals surface area contributed by atoms with Crippen molar-refractivity contribution in [3.63, 3.8) is 0 Å². The molecule has 3 aromatic rings. The van der Waals surface area contributed by atoms with Crippen molar-refractivity contribution >= 4 is 44.8 Å². The number of rotatable bonds is 14. The maximum Gasteiger partial charge on any atom is 0.273 e. The lowest BCUT2D eigenvalue weighted by molar-refractivity contribution is -0.385. The molecule has 0 aliphatic carbocycles. The van der Waals surface area contributed by atoms with E-state index in [9.17, 15) is 28.1 Å². The van der Waals surface area contributed by atoms with Gasteiger partial charge in [0.15, 0.2) is 0 Å². The van der Waals surface area contributed by atoms with Gasteiger partial charge in [-0.15, -0.1) is 0 Å². The lowest BCUT2D eigenvalue weighted by atomic mass is 10.1. The number of aryl methyl sites for hydroxylation is 2.